The molecule has 0 bridgehead atoms. The first kappa shape index (κ1) is 23.1. The number of carbonyl (C=O) groups excluding carboxylic acids is 3. The Morgan fingerprint density at radius 2 is 1.94 bits per heavy atom. The number of amides is 2. The zero-order valence-electron chi connectivity index (χ0n) is 18.4. The molecule has 0 unspecified atom stereocenters. The molecule has 1 heterocycles. The second-order valence-corrected chi connectivity index (χ2v) is 7.36. The van der Waals surface area contributed by atoms with Crippen molar-refractivity contribution in [1.82, 2.24) is 0 Å². The van der Waals surface area contributed by atoms with Gasteiger partial charge < -0.3 is 24.4 Å². The lowest BCUT2D eigenvalue weighted by Crippen LogP contribution is -2.27. The van der Waals surface area contributed by atoms with Gasteiger partial charge in [-0.25, -0.2) is 4.79 Å². The number of benzene rings is 2. The molecule has 1 saturated heterocycles. The van der Waals surface area contributed by atoms with E-state index in [1.807, 2.05) is 0 Å². The van der Waals surface area contributed by atoms with Crippen molar-refractivity contribution in [2.24, 2.45) is 0 Å². The van der Waals surface area contributed by atoms with Crippen LogP contribution < -0.4 is 19.7 Å². The minimum atomic E-state index is -0.651. The van der Waals surface area contributed by atoms with Crippen LogP contribution in [-0.2, 0) is 14.3 Å². The summed E-state index contributed by atoms with van der Waals surface area (Å²) in [6, 6.07) is 11.8. The Balaban J connectivity index is 1.59. The molecule has 1 aliphatic rings. The Labute approximate surface area is 187 Å². The summed E-state index contributed by atoms with van der Waals surface area (Å²) in [6.07, 6.45) is 3.20. The highest BCUT2D eigenvalue weighted by atomic mass is 16.5. The average molecular weight is 440 g/mol. The third-order valence-corrected chi connectivity index (χ3v) is 5.03. The molecule has 0 aliphatic carbocycles. The van der Waals surface area contributed by atoms with Crippen LogP contribution in [0.25, 0.3) is 0 Å². The Morgan fingerprint density at radius 1 is 1.12 bits per heavy atom. The predicted octanol–water partition coefficient (Wildman–Crippen LogP) is 3.80. The van der Waals surface area contributed by atoms with E-state index in [1.54, 1.807) is 41.3 Å². The number of hydrogen-bond acceptors (Lipinski definition) is 6. The largest absolute Gasteiger partial charge is 0.493 e. The molecule has 1 N–H and O–H groups in total. The molecule has 170 valence electrons. The fourth-order valence-electron chi connectivity index (χ4n) is 3.36. The quantitative estimate of drug-likeness (QED) is 0.446. The van der Waals surface area contributed by atoms with Crippen molar-refractivity contribution >= 4 is 29.2 Å². The lowest BCUT2D eigenvalue weighted by molar-refractivity contribution is -0.119. The summed E-state index contributed by atoms with van der Waals surface area (Å²) in [5.74, 6) is -0.160. The summed E-state index contributed by atoms with van der Waals surface area (Å²) in [4.78, 5) is 38.5. The first-order valence-corrected chi connectivity index (χ1v) is 10.7. The van der Waals surface area contributed by atoms with E-state index in [0.717, 1.165) is 19.3 Å². The third-order valence-electron chi connectivity index (χ3n) is 5.03. The molecule has 1 aliphatic heterocycles. The van der Waals surface area contributed by atoms with Gasteiger partial charge in [0.1, 0.15) is 0 Å². The van der Waals surface area contributed by atoms with Crippen LogP contribution >= 0.6 is 0 Å². The van der Waals surface area contributed by atoms with E-state index in [-0.39, 0.29) is 11.5 Å². The Morgan fingerprint density at radius 3 is 2.66 bits per heavy atom. The van der Waals surface area contributed by atoms with Crippen LogP contribution in [0, 0.1) is 0 Å². The van der Waals surface area contributed by atoms with E-state index >= 15 is 0 Å². The van der Waals surface area contributed by atoms with Crippen LogP contribution in [0.3, 0.4) is 0 Å². The van der Waals surface area contributed by atoms with Gasteiger partial charge in [-0.1, -0.05) is 25.5 Å². The van der Waals surface area contributed by atoms with Gasteiger partial charge in [-0.2, -0.15) is 0 Å². The highest BCUT2D eigenvalue weighted by Crippen LogP contribution is 2.30. The molecule has 0 spiro atoms. The van der Waals surface area contributed by atoms with Crippen molar-refractivity contribution in [3.8, 4) is 11.5 Å². The van der Waals surface area contributed by atoms with Gasteiger partial charge in [-0.3, -0.25) is 9.59 Å². The van der Waals surface area contributed by atoms with Gasteiger partial charge in [0.05, 0.1) is 30.7 Å². The first-order chi connectivity index (χ1) is 15.5. The fraction of sp³-hybridized carbons (Fsp3) is 0.375. The summed E-state index contributed by atoms with van der Waals surface area (Å²) in [6.45, 7) is 2.78. The van der Waals surface area contributed by atoms with Crippen molar-refractivity contribution in [3.63, 3.8) is 0 Å². The molecule has 0 aromatic heterocycles. The Bertz CT molecular complexity index is 975. The molecule has 2 aromatic rings. The van der Waals surface area contributed by atoms with Crippen molar-refractivity contribution in [2.45, 2.75) is 32.6 Å². The zero-order chi connectivity index (χ0) is 22.9. The second-order valence-electron chi connectivity index (χ2n) is 7.36. The average Bonchev–Trinajstić information content (AvgIpc) is 3.23. The molecule has 2 aromatic carbocycles. The zero-order valence-corrected chi connectivity index (χ0v) is 18.4. The van der Waals surface area contributed by atoms with Gasteiger partial charge in [0, 0.05) is 13.0 Å². The highest BCUT2D eigenvalue weighted by molar-refractivity contribution is 6.02. The monoisotopic (exact) mass is 440 g/mol. The van der Waals surface area contributed by atoms with E-state index in [9.17, 15) is 14.4 Å². The second kappa shape index (κ2) is 11.2. The molecule has 8 nitrogen and oxygen atoms in total. The summed E-state index contributed by atoms with van der Waals surface area (Å²) in [7, 11) is 1.49. The molecule has 0 atom stereocenters. The van der Waals surface area contributed by atoms with Gasteiger partial charge in [-0.15, -0.1) is 0 Å². The van der Waals surface area contributed by atoms with Crippen LogP contribution in [0.1, 0.15) is 43.0 Å². The molecule has 1 fully saturated rings. The minimum absolute atomic E-state index is 0.0224. The molecule has 3 rings (SSSR count). The first-order valence-electron chi connectivity index (χ1n) is 10.7. The molecular formula is C24H28N2O6. The summed E-state index contributed by atoms with van der Waals surface area (Å²) in [5, 5.41) is 2.72. The van der Waals surface area contributed by atoms with Crippen molar-refractivity contribution in [1.29, 1.82) is 0 Å². The standard InChI is InChI=1S/C24H28N2O6/c1-3-4-14-31-20-12-11-17(15-21(20)30-2)24(29)32-16-22(27)25-18-8-5-6-9-19(18)26-13-7-10-23(26)28/h5-6,8-9,11-12,15H,3-4,7,10,13-14,16H2,1-2H3,(H,25,27). The van der Waals surface area contributed by atoms with Crippen LogP contribution in [0.4, 0.5) is 11.4 Å². The van der Waals surface area contributed by atoms with Gasteiger partial charge in [0.15, 0.2) is 18.1 Å². The number of anilines is 2. The number of nitrogens with one attached hydrogen (secondary N) is 1. The van der Waals surface area contributed by atoms with Crippen molar-refractivity contribution in [3.05, 3.63) is 48.0 Å². The molecule has 0 saturated carbocycles. The van der Waals surface area contributed by atoms with E-state index in [1.165, 1.54) is 13.2 Å². The Kier molecular flexibility index (Phi) is 8.08. The maximum absolute atomic E-state index is 12.4. The van der Waals surface area contributed by atoms with Gasteiger partial charge >= 0.3 is 5.97 Å². The number of carbonyl (C=O) groups is 3. The summed E-state index contributed by atoms with van der Waals surface area (Å²) >= 11 is 0. The molecular weight excluding hydrogens is 412 g/mol. The fourth-order valence-corrected chi connectivity index (χ4v) is 3.36. The maximum atomic E-state index is 12.4. The minimum Gasteiger partial charge on any atom is -0.493 e. The molecule has 32 heavy (non-hydrogen) atoms. The smallest absolute Gasteiger partial charge is 0.338 e. The normalized spacial score (nSPS) is 13.1. The lowest BCUT2D eigenvalue weighted by atomic mass is 10.2. The number of ether oxygens (including phenoxy) is 3. The number of rotatable bonds is 10. The predicted molar refractivity (Wildman–Crippen MR) is 120 cm³/mol. The van der Waals surface area contributed by atoms with E-state index in [2.05, 4.69) is 12.2 Å². The van der Waals surface area contributed by atoms with Crippen LogP contribution in [-0.4, -0.2) is 44.7 Å². The van der Waals surface area contributed by atoms with Gasteiger partial charge in [-0.05, 0) is 43.2 Å². The maximum Gasteiger partial charge on any atom is 0.338 e. The SMILES string of the molecule is CCCCOc1ccc(C(=O)OCC(=O)Nc2ccccc2N2CCCC2=O)cc1OC. The lowest BCUT2D eigenvalue weighted by Gasteiger charge is -2.20. The third kappa shape index (κ3) is 5.78. The highest BCUT2D eigenvalue weighted by Gasteiger charge is 2.24. The van der Waals surface area contributed by atoms with E-state index in [4.69, 9.17) is 14.2 Å². The number of esters is 1. The van der Waals surface area contributed by atoms with E-state index < -0.39 is 18.5 Å². The summed E-state index contributed by atoms with van der Waals surface area (Å²) in [5.41, 5.74) is 1.39. The molecule has 8 heteroatoms. The number of para-hydroxylation sites is 2. The van der Waals surface area contributed by atoms with E-state index in [0.29, 0.717) is 42.4 Å². The Hall–Kier alpha value is -3.55. The number of hydrogen-bond donors (Lipinski definition) is 1. The molecule has 0 radical (unpaired) electrons. The summed E-state index contributed by atoms with van der Waals surface area (Å²) < 4.78 is 16.1. The van der Waals surface area contributed by atoms with Crippen LogP contribution in [0.15, 0.2) is 42.5 Å². The van der Waals surface area contributed by atoms with Crippen molar-refractivity contribution in [2.75, 3.05) is 37.1 Å². The number of unbranched alkanes of at least 4 members (excludes halogenated alkanes) is 1. The number of methoxy groups -OCH3 is 1. The topological polar surface area (TPSA) is 94.2 Å². The van der Waals surface area contributed by atoms with Crippen LogP contribution in [0.2, 0.25) is 0 Å². The van der Waals surface area contributed by atoms with Gasteiger partial charge in [0.25, 0.3) is 5.91 Å². The molecule has 2 amide bonds. The number of nitrogens with zero attached hydrogens (tertiary/aromatic N) is 1. The van der Waals surface area contributed by atoms with Gasteiger partial charge in [0.2, 0.25) is 5.91 Å². The van der Waals surface area contributed by atoms with Crippen molar-refractivity contribution < 1.29 is 28.6 Å². The van der Waals surface area contributed by atoms with Crippen LogP contribution in [0.5, 0.6) is 11.5 Å².